The highest BCUT2D eigenvalue weighted by atomic mass is 35.5. The summed E-state index contributed by atoms with van der Waals surface area (Å²) < 4.78 is 15.8. The van der Waals surface area contributed by atoms with Gasteiger partial charge in [-0.3, -0.25) is 4.99 Å². The number of aliphatic imine (C=N–C) groups is 1. The van der Waals surface area contributed by atoms with Crippen molar-refractivity contribution >= 4 is 35.2 Å². The Morgan fingerprint density at radius 3 is 1.89 bits per heavy atom. The molecule has 0 N–H and O–H groups in total. The van der Waals surface area contributed by atoms with Crippen LogP contribution in [0.25, 0.3) is 0 Å². The number of benzene rings is 3. The number of carbonyl (C=O) groups excluding carboxylic acids is 3. The standard InChI is InChI=1S/C27H24ClNO6/c1-3-33-26(31)24(27(32)34-4-2)29-23(18-11-7-5-8-12-18)21-17-20(28)15-16-22(21)35-25(30)19-13-9-6-10-14-19/h5-17,24H,3-4H2,1-2H3. The SMILES string of the molecule is CCOC(=O)C(N=C(c1ccccc1)c1cc(Cl)ccc1OC(=O)c1ccccc1)C(=O)OCC. The second-order valence-electron chi connectivity index (χ2n) is 7.15. The van der Waals surface area contributed by atoms with Crippen LogP contribution in [0.5, 0.6) is 5.75 Å². The van der Waals surface area contributed by atoms with E-state index >= 15 is 0 Å². The van der Waals surface area contributed by atoms with Crippen LogP contribution < -0.4 is 4.74 Å². The monoisotopic (exact) mass is 493 g/mol. The minimum absolute atomic E-state index is 0.0576. The third-order valence-corrected chi connectivity index (χ3v) is 4.97. The molecule has 3 aromatic carbocycles. The van der Waals surface area contributed by atoms with E-state index in [0.717, 1.165) is 0 Å². The van der Waals surface area contributed by atoms with Crippen molar-refractivity contribution in [2.45, 2.75) is 19.9 Å². The first-order valence-electron chi connectivity index (χ1n) is 11.0. The predicted molar refractivity (Wildman–Crippen MR) is 132 cm³/mol. The van der Waals surface area contributed by atoms with Crippen molar-refractivity contribution in [2.75, 3.05) is 13.2 Å². The predicted octanol–water partition coefficient (Wildman–Crippen LogP) is 4.89. The summed E-state index contributed by atoms with van der Waals surface area (Å²) in [6.45, 7) is 3.37. The van der Waals surface area contributed by atoms with Crippen molar-refractivity contribution in [3.8, 4) is 5.75 Å². The molecule has 0 saturated heterocycles. The molecule has 0 saturated carbocycles. The number of rotatable bonds is 9. The first-order chi connectivity index (χ1) is 16.9. The molecular formula is C27H24ClNO6. The molecule has 0 heterocycles. The van der Waals surface area contributed by atoms with Gasteiger partial charge < -0.3 is 14.2 Å². The average molecular weight is 494 g/mol. The van der Waals surface area contributed by atoms with E-state index in [-0.39, 0.29) is 24.7 Å². The van der Waals surface area contributed by atoms with Gasteiger partial charge in [0.25, 0.3) is 0 Å². The van der Waals surface area contributed by atoms with Gasteiger partial charge in [-0.25, -0.2) is 14.4 Å². The Kier molecular flexibility index (Phi) is 9.15. The van der Waals surface area contributed by atoms with Crippen LogP contribution in [0.3, 0.4) is 0 Å². The number of hydrogen-bond donors (Lipinski definition) is 0. The largest absolute Gasteiger partial charge is 0.464 e. The zero-order valence-corrected chi connectivity index (χ0v) is 20.0. The van der Waals surface area contributed by atoms with Gasteiger partial charge in [0, 0.05) is 16.1 Å². The number of carbonyl (C=O) groups is 3. The molecule has 8 heteroatoms. The number of ether oxygens (including phenoxy) is 3. The average Bonchev–Trinajstić information content (AvgIpc) is 2.87. The van der Waals surface area contributed by atoms with E-state index in [4.69, 9.17) is 25.8 Å². The maximum Gasteiger partial charge on any atom is 0.343 e. The van der Waals surface area contributed by atoms with E-state index in [0.29, 0.717) is 21.7 Å². The summed E-state index contributed by atoms with van der Waals surface area (Å²) in [5.74, 6) is -2.15. The van der Waals surface area contributed by atoms with Crippen LogP contribution in [0.15, 0.2) is 83.9 Å². The quantitative estimate of drug-likeness (QED) is 0.182. The van der Waals surface area contributed by atoms with E-state index < -0.39 is 23.9 Å². The van der Waals surface area contributed by atoms with E-state index in [9.17, 15) is 14.4 Å². The minimum Gasteiger partial charge on any atom is -0.464 e. The smallest absolute Gasteiger partial charge is 0.343 e. The minimum atomic E-state index is -1.58. The van der Waals surface area contributed by atoms with Crippen molar-refractivity contribution in [2.24, 2.45) is 4.99 Å². The molecule has 0 unspecified atom stereocenters. The summed E-state index contributed by atoms with van der Waals surface area (Å²) in [6.07, 6.45) is 0. The first-order valence-corrected chi connectivity index (χ1v) is 11.4. The highest BCUT2D eigenvalue weighted by Gasteiger charge is 2.31. The van der Waals surface area contributed by atoms with Crippen molar-refractivity contribution in [3.63, 3.8) is 0 Å². The van der Waals surface area contributed by atoms with Gasteiger partial charge in [0.05, 0.1) is 24.5 Å². The van der Waals surface area contributed by atoms with Crippen molar-refractivity contribution in [1.82, 2.24) is 0 Å². The van der Waals surface area contributed by atoms with Gasteiger partial charge >= 0.3 is 17.9 Å². The Hall–Kier alpha value is -3.97. The summed E-state index contributed by atoms with van der Waals surface area (Å²) in [5.41, 5.74) is 1.43. The molecule has 3 aromatic rings. The van der Waals surface area contributed by atoms with Crippen LogP contribution in [-0.4, -0.2) is 42.9 Å². The van der Waals surface area contributed by atoms with Crippen LogP contribution in [0.1, 0.15) is 35.3 Å². The van der Waals surface area contributed by atoms with Gasteiger partial charge in [-0.05, 0) is 44.2 Å². The van der Waals surface area contributed by atoms with Crippen LogP contribution >= 0.6 is 11.6 Å². The number of esters is 3. The maximum atomic E-state index is 12.8. The number of nitrogens with zero attached hydrogens (tertiary/aromatic N) is 1. The second kappa shape index (κ2) is 12.5. The summed E-state index contributed by atoms with van der Waals surface area (Å²) >= 11 is 6.28. The lowest BCUT2D eigenvalue weighted by molar-refractivity contribution is -0.156. The fraction of sp³-hybridized carbons (Fsp3) is 0.185. The molecule has 3 rings (SSSR count). The molecule has 0 bridgehead atoms. The maximum absolute atomic E-state index is 12.8. The molecule has 0 aliphatic carbocycles. The summed E-state index contributed by atoms with van der Waals surface area (Å²) in [4.78, 5) is 42.5. The number of halogens is 1. The van der Waals surface area contributed by atoms with Gasteiger partial charge in [-0.2, -0.15) is 0 Å². The first kappa shape index (κ1) is 25.6. The molecule has 35 heavy (non-hydrogen) atoms. The van der Waals surface area contributed by atoms with Gasteiger partial charge in [0.15, 0.2) is 0 Å². The molecule has 0 radical (unpaired) electrons. The lowest BCUT2D eigenvalue weighted by Crippen LogP contribution is -2.33. The van der Waals surface area contributed by atoms with Crippen molar-refractivity contribution in [3.05, 3.63) is 101 Å². The normalized spacial score (nSPS) is 11.1. The Bertz CT molecular complexity index is 1190. The van der Waals surface area contributed by atoms with Crippen LogP contribution in [0, 0.1) is 0 Å². The highest BCUT2D eigenvalue weighted by molar-refractivity contribution is 6.31. The van der Waals surface area contributed by atoms with Crippen molar-refractivity contribution in [1.29, 1.82) is 0 Å². The van der Waals surface area contributed by atoms with Crippen LogP contribution in [0.4, 0.5) is 0 Å². The van der Waals surface area contributed by atoms with Gasteiger partial charge in [-0.1, -0.05) is 60.1 Å². The molecule has 0 aliphatic rings. The molecule has 0 amide bonds. The van der Waals surface area contributed by atoms with Crippen LogP contribution in [0.2, 0.25) is 5.02 Å². The molecule has 7 nitrogen and oxygen atoms in total. The van der Waals surface area contributed by atoms with Gasteiger partial charge in [0.1, 0.15) is 5.75 Å². The lowest BCUT2D eigenvalue weighted by atomic mass is 10.0. The molecular weight excluding hydrogens is 470 g/mol. The third-order valence-electron chi connectivity index (χ3n) is 4.73. The molecule has 180 valence electrons. The van der Waals surface area contributed by atoms with E-state index in [1.54, 1.807) is 80.6 Å². The van der Waals surface area contributed by atoms with Crippen molar-refractivity contribution < 1.29 is 28.6 Å². The zero-order chi connectivity index (χ0) is 25.2. The zero-order valence-electron chi connectivity index (χ0n) is 19.3. The second-order valence-corrected chi connectivity index (χ2v) is 7.58. The van der Waals surface area contributed by atoms with Gasteiger partial charge in [0.2, 0.25) is 6.04 Å². The van der Waals surface area contributed by atoms with Crippen LogP contribution in [-0.2, 0) is 19.1 Å². The fourth-order valence-corrected chi connectivity index (χ4v) is 3.35. The molecule has 0 aliphatic heterocycles. The summed E-state index contributed by atoms with van der Waals surface area (Å²) in [5, 5.41) is 0.340. The van der Waals surface area contributed by atoms with Gasteiger partial charge in [-0.15, -0.1) is 0 Å². The lowest BCUT2D eigenvalue weighted by Gasteiger charge is -2.16. The molecule has 0 spiro atoms. The Balaban J connectivity index is 2.16. The Labute approximate surface area is 208 Å². The molecule has 0 fully saturated rings. The topological polar surface area (TPSA) is 91.3 Å². The Morgan fingerprint density at radius 1 is 0.800 bits per heavy atom. The highest BCUT2D eigenvalue weighted by Crippen LogP contribution is 2.28. The Morgan fingerprint density at radius 2 is 1.34 bits per heavy atom. The fourth-order valence-electron chi connectivity index (χ4n) is 3.18. The summed E-state index contributed by atoms with van der Waals surface area (Å²) in [7, 11) is 0. The van der Waals surface area contributed by atoms with E-state index in [1.165, 1.54) is 6.07 Å². The third kappa shape index (κ3) is 6.77. The van der Waals surface area contributed by atoms with E-state index in [2.05, 4.69) is 4.99 Å². The molecule has 0 aromatic heterocycles. The van der Waals surface area contributed by atoms with E-state index in [1.807, 2.05) is 6.07 Å². The summed E-state index contributed by atoms with van der Waals surface area (Å²) in [6, 6.07) is 20.4. The molecule has 0 atom stereocenters. The number of hydrogen-bond acceptors (Lipinski definition) is 7.